The number of aromatic nitrogens is 1. The highest BCUT2D eigenvalue weighted by molar-refractivity contribution is 5.95. The van der Waals surface area contributed by atoms with Crippen LogP contribution in [0.3, 0.4) is 0 Å². The first-order valence-corrected chi connectivity index (χ1v) is 7.60. The quantitative estimate of drug-likeness (QED) is 0.938. The SMILES string of the molecule is O=C(c1cncc(Nc2ccc(F)c(F)c2)c1)N1CCCCC1. The lowest BCUT2D eigenvalue weighted by Gasteiger charge is -2.26. The van der Waals surface area contributed by atoms with E-state index in [1.807, 2.05) is 4.90 Å². The van der Waals surface area contributed by atoms with Gasteiger partial charge in [0.05, 0.1) is 17.4 Å². The number of likely N-dealkylation sites (tertiary alicyclic amines) is 1. The lowest BCUT2D eigenvalue weighted by atomic mass is 10.1. The van der Waals surface area contributed by atoms with Gasteiger partial charge in [-0.05, 0) is 37.5 Å². The van der Waals surface area contributed by atoms with Crippen molar-refractivity contribution in [1.29, 1.82) is 0 Å². The van der Waals surface area contributed by atoms with Crippen LogP contribution in [0.4, 0.5) is 20.2 Å². The molecular weight excluding hydrogens is 300 g/mol. The van der Waals surface area contributed by atoms with Gasteiger partial charge in [-0.25, -0.2) is 8.78 Å². The van der Waals surface area contributed by atoms with Gasteiger partial charge in [0, 0.05) is 31.0 Å². The fraction of sp³-hybridized carbons (Fsp3) is 0.294. The predicted molar refractivity (Wildman–Crippen MR) is 83.6 cm³/mol. The van der Waals surface area contributed by atoms with Crippen LogP contribution >= 0.6 is 0 Å². The summed E-state index contributed by atoms with van der Waals surface area (Å²) in [6.45, 7) is 1.53. The standard InChI is InChI=1S/C17H17F2N3O/c18-15-5-4-13(9-16(15)19)21-14-8-12(10-20-11-14)17(23)22-6-2-1-3-7-22/h4-5,8-11,21H,1-3,6-7H2. The zero-order valence-electron chi connectivity index (χ0n) is 12.6. The van der Waals surface area contributed by atoms with Gasteiger partial charge in [-0.2, -0.15) is 0 Å². The summed E-state index contributed by atoms with van der Waals surface area (Å²) in [7, 11) is 0. The van der Waals surface area contributed by atoms with Crippen LogP contribution in [0.2, 0.25) is 0 Å². The molecule has 0 radical (unpaired) electrons. The van der Waals surface area contributed by atoms with E-state index < -0.39 is 11.6 Å². The van der Waals surface area contributed by atoms with Crippen molar-refractivity contribution in [1.82, 2.24) is 9.88 Å². The molecule has 1 aliphatic rings. The number of carbonyl (C=O) groups is 1. The minimum Gasteiger partial charge on any atom is -0.354 e. The van der Waals surface area contributed by atoms with Crippen molar-refractivity contribution in [3.05, 3.63) is 53.9 Å². The first-order valence-electron chi connectivity index (χ1n) is 7.60. The Bertz CT molecular complexity index is 715. The Morgan fingerprint density at radius 3 is 2.52 bits per heavy atom. The molecule has 1 N–H and O–H groups in total. The first kappa shape index (κ1) is 15.4. The molecule has 1 aromatic heterocycles. The highest BCUT2D eigenvalue weighted by atomic mass is 19.2. The Morgan fingerprint density at radius 1 is 1.00 bits per heavy atom. The number of rotatable bonds is 3. The Kier molecular flexibility index (Phi) is 4.50. The Labute approximate surface area is 133 Å². The summed E-state index contributed by atoms with van der Waals surface area (Å²) >= 11 is 0. The van der Waals surface area contributed by atoms with Crippen molar-refractivity contribution in [2.45, 2.75) is 19.3 Å². The summed E-state index contributed by atoms with van der Waals surface area (Å²) < 4.78 is 26.2. The highest BCUT2D eigenvalue weighted by Gasteiger charge is 2.18. The molecule has 1 saturated heterocycles. The Balaban J connectivity index is 1.76. The zero-order valence-corrected chi connectivity index (χ0v) is 12.6. The third kappa shape index (κ3) is 3.64. The van der Waals surface area contributed by atoms with Gasteiger partial charge in [0.25, 0.3) is 5.91 Å². The van der Waals surface area contributed by atoms with Crippen molar-refractivity contribution in [2.75, 3.05) is 18.4 Å². The van der Waals surface area contributed by atoms with Gasteiger partial charge in [-0.3, -0.25) is 9.78 Å². The van der Waals surface area contributed by atoms with Crippen LogP contribution in [0.1, 0.15) is 29.6 Å². The highest BCUT2D eigenvalue weighted by Crippen LogP contribution is 2.20. The van der Waals surface area contributed by atoms with Crippen molar-refractivity contribution in [3.63, 3.8) is 0 Å². The molecular formula is C17H17F2N3O. The molecule has 1 amide bonds. The average Bonchev–Trinajstić information content (AvgIpc) is 2.58. The van der Waals surface area contributed by atoms with E-state index in [0.29, 0.717) is 16.9 Å². The average molecular weight is 317 g/mol. The maximum absolute atomic E-state index is 13.2. The fourth-order valence-corrected chi connectivity index (χ4v) is 2.65. The number of carbonyl (C=O) groups excluding carboxylic acids is 1. The van der Waals surface area contributed by atoms with E-state index in [-0.39, 0.29) is 5.91 Å². The van der Waals surface area contributed by atoms with Crippen LogP contribution in [-0.2, 0) is 0 Å². The monoisotopic (exact) mass is 317 g/mol. The molecule has 0 bridgehead atoms. The summed E-state index contributed by atoms with van der Waals surface area (Å²) in [5.41, 5.74) is 1.44. The van der Waals surface area contributed by atoms with Crippen molar-refractivity contribution in [3.8, 4) is 0 Å². The van der Waals surface area contributed by atoms with Gasteiger partial charge in [-0.1, -0.05) is 0 Å². The topological polar surface area (TPSA) is 45.2 Å². The van der Waals surface area contributed by atoms with Crippen LogP contribution in [0.5, 0.6) is 0 Å². The smallest absolute Gasteiger partial charge is 0.255 e. The molecule has 0 atom stereocenters. The number of nitrogens with one attached hydrogen (secondary N) is 1. The molecule has 2 heterocycles. The molecule has 0 saturated carbocycles. The Hall–Kier alpha value is -2.50. The maximum atomic E-state index is 13.2. The van der Waals surface area contributed by atoms with Gasteiger partial charge < -0.3 is 10.2 Å². The number of benzene rings is 1. The molecule has 1 aliphatic heterocycles. The number of piperidine rings is 1. The lowest BCUT2D eigenvalue weighted by Crippen LogP contribution is -2.35. The molecule has 2 aromatic rings. The first-order chi connectivity index (χ1) is 11.1. The van der Waals surface area contributed by atoms with E-state index in [2.05, 4.69) is 10.3 Å². The Morgan fingerprint density at radius 2 is 1.78 bits per heavy atom. The number of hydrogen-bond donors (Lipinski definition) is 1. The van der Waals surface area contributed by atoms with Crippen molar-refractivity contribution in [2.24, 2.45) is 0 Å². The van der Waals surface area contributed by atoms with E-state index in [4.69, 9.17) is 0 Å². The summed E-state index contributed by atoms with van der Waals surface area (Å²) in [6, 6.07) is 5.21. The van der Waals surface area contributed by atoms with E-state index in [0.717, 1.165) is 44.5 Å². The molecule has 0 spiro atoms. The van der Waals surface area contributed by atoms with E-state index in [1.165, 1.54) is 18.5 Å². The number of halogens is 2. The van der Waals surface area contributed by atoms with Crippen LogP contribution in [0.15, 0.2) is 36.7 Å². The molecule has 23 heavy (non-hydrogen) atoms. The van der Waals surface area contributed by atoms with E-state index >= 15 is 0 Å². The van der Waals surface area contributed by atoms with Crippen molar-refractivity contribution >= 4 is 17.3 Å². The van der Waals surface area contributed by atoms with Gasteiger partial charge in [0.1, 0.15) is 0 Å². The van der Waals surface area contributed by atoms with Gasteiger partial charge in [0.15, 0.2) is 11.6 Å². The minimum absolute atomic E-state index is 0.0499. The summed E-state index contributed by atoms with van der Waals surface area (Å²) in [5.74, 6) is -1.88. The van der Waals surface area contributed by atoms with E-state index in [9.17, 15) is 13.6 Å². The number of nitrogens with zero attached hydrogens (tertiary/aromatic N) is 2. The molecule has 1 fully saturated rings. The number of pyridine rings is 1. The molecule has 4 nitrogen and oxygen atoms in total. The molecule has 3 rings (SSSR count). The number of amides is 1. The summed E-state index contributed by atoms with van der Waals surface area (Å²) in [5, 5.41) is 2.93. The normalized spacial score (nSPS) is 14.6. The molecule has 1 aromatic carbocycles. The predicted octanol–water partition coefficient (Wildman–Crippen LogP) is 3.73. The van der Waals surface area contributed by atoms with Gasteiger partial charge in [-0.15, -0.1) is 0 Å². The van der Waals surface area contributed by atoms with Crippen LogP contribution in [0, 0.1) is 11.6 Å². The lowest BCUT2D eigenvalue weighted by molar-refractivity contribution is 0.0724. The second-order valence-electron chi connectivity index (χ2n) is 5.57. The maximum Gasteiger partial charge on any atom is 0.255 e. The van der Waals surface area contributed by atoms with Crippen LogP contribution < -0.4 is 5.32 Å². The second-order valence-corrected chi connectivity index (χ2v) is 5.57. The summed E-state index contributed by atoms with van der Waals surface area (Å²) in [4.78, 5) is 18.3. The van der Waals surface area contributed by atoms with Crippen LogP contribution in [0.25, 0.3) is 0 Å². The largest absolute Gasteiger partial charge is 0.354 e. The third-order valence-electron chi connectivity index (χ3n) is 3.84. The third-order valence-corrected chi connectivity index (χ3v) is 3.84. The van der Waals surface area contributed by atoms with E-state index in [1.54, 1.807) is 6.07 Å². The fourth-order valence-electron chi connectivity index (χ4n) is 2.65. The van der Waals surface area contributed by atoms with Gasteiger partial charge in [0.2, 0.25) is 0 Å². The number of anilines is 2. The zero-order chi connectivity index (χ0) is 16.2. The summed E-state index contributed by atoms with van der Waals surface area (Å²) in [6.07, 6.45) is 6.25. The number of hydrogen-bond acceptors (Lipinski definition) is 3. The minimum atomic E-state index is -0.927. The molecule has 120 valence electrons. The second kappa shape index (κ2) is 6.73. The molecule has 0 aliphatic carbocycles. The molecule has 0 unspecified atom stereocenters. The molecule has 6 heteroatoms. The van der Waals surface area contributed by atoms with Crippen LogP contribution in [-0.4, -0.2) is 28.9 Å². The van der Waals surface area contributed by atoms with Crippen molar-refractivity contribution < 1.29 is 13.6 Å². The van der Waals surface area contributed by atoms with Gasteiger partial charge >= 0.3 is 0 Å².